The Bertz CT molecular complexity index is 803. The van der Waals surface area contributed by atoms with Crippen LogP contribution in [-0.2, 0) is 4.74 Å². The Morgan fingerprint density at radius 3 is 2.44 bits per heavy atom. The van der Waals surface area contributed by atoms with Crippen molar-refractivity contribution in [1.82, 2.24) is 0 Å². The van der Waals surface area contributed by atoms with Gasteiger partial charge in [-0.05, 0) is 57.2 Å². The van der Waals surface area contributed by atoms with Gasteiger partial charge in [0.05, 0.1) is 5.69 Å². The Morgan fingerprint density at radius 2 is 1.80 bits per heavy atom. The Balaban J connectivity index is 2.13. The molecular formula is C18H18ClFN2O3. The number of anilines is 2. The Labute approximate surface area is 150 Å². The van der Waals surface area contributed by atoms with Gasteiger partial charge in [-0.1, -0.05) is 17.7 Å². The molecule has 2 rings (SSSR count). The van der Waals surface area contributed by atoms with Crippen molar-refractivity contribution < 1.29 is 18.7 Å². The van der Waals surface area contributed by atoms with E-state index >= 15 is 0 Å². The van der Waals surface area contributed by atoms with E-state index in [4.69, 9.17) is 16.3 Å². The van der Waals surface area contributed by atoms with Crippen molar-refractivity contribution in [2.45, 2.75) is 26.4 Å². The van der Waals surface area contributed by atoms with Crippen LogP contribution in [0.4, 0.5) is 20.6 Å². The first-order valence-corrected chi connectivity index (χ1v) is 7.88. The van der Waals surface area contributed by atoms with Gasteiger partial charge in [-0.15, -0.1) is 0 Å². The highest BCUT2D eigenvalue weighted by Crippen LogP contribution is 2.22. The summed E-state index contributed by atoms with van der Waals surface area (Å²) in [5, 5.41) is 5.34. The van der Waals surface area contributed by atoms with Crippen molar-refractivity contribution in [3.63, 3.8) is 0 Å². The SMILES string of the molecule is CC(C)(C)OC(=O)Nc1ccc(F)c(NC(=O)c2cccc(Cl)c2)c1. The molecule has 0 aliphatic rings. The fourth-order valence-electron chi connectivity index (χ4n) is 1.94. The zero-order valence-corrected chi connectivity index (χ0v) is 14.8. The lowest BCUT2D eigenvalue weighted by atomic mass is 10.2. The van der Waals surface area contributed by atoms with Crippen LogP contribution in [0.25, 0.3) is 0 Å². The summed E-state index contributed by atoms with van der Waals surface area (Å²) < 4.78 is 19.1. The van der Waals surface area contributed by atoms with E-state index in [-0.39, 0.29) is 16.9 Å². The van der Waals surface area contributed by atoms with Crippen LogP contribution in [0.3, 0.4) is 0 Å². The van der Waals surface area contributed by atoms with Crippen LogP contribution in [0.1, 0.15) is 31.1 Å². The van der Waals surface area contributed by atoms with E-state index < -0.39 is 23.4 Å². The van der Waals surface area contributed by atoms with Gasteiger partial charge in [0.15, 0.2) is 0 Å². The molecule has 2 aromatic carbocycles. The maximum atomic E-state index is 13.9. The first-order chi connectivity index (χ1) is 11.6. The third-order valence-electron chi connectivity index (χ3n) is 2.95. The van der Waals surface area contributed by atoms with Crippen LogP contribution in [-0.4, -0.2) is 17.6 Å². The van der Waals surface area contributed by atoms with Crippen LogP contribution in [0.5, 0.6) is 0 Å². The third kappa shape index (κ3) is 5.76. The average molecular weight is 365 g/mol. The Hall–Kier alpha value is -2.60. The van der Waals surface area contributed by atoms with E-state index in [0.29, 0.717) is 5.02 Å². The zero-order chi connectivity index (χ0) is 18.6. The number of ether oxygens (including phenoxy) is 1. The standard InChI is InChI=1S/C18H18ClFN2O3/c1-18(2,3)25-17(24)21-13-7-8-14(20)15(10-13)22-16(23)11-5-4-6-12(19)9-11/h4-10H,1-3H3,(H,21,24)(H,22,23). The number of nitrogens with one attached hydrogen (secondary N) is 2. The number of halogens is 2. The Kier molecular flexibility index (Phi) is 5.64. The highest BCUT2D eigenvalue weighted by Gasteiger charge is 2.17. The molecule has 2 aromatic rings. The summed E-state index contributed by atoms with van der Waals surface area (Å²) >= 11 is 5.84. The van der Waals surface area contributed by atoms with Crippen LogP contribution in [0, 0.1) is 5.82 Å². The molecule has 0 unspecified atom stereocenters. The molecule has 2 amide bonds. The molecule has 5 nitrogen and oxygen atoms in total. The first-order valence-electron chi connectivity index (χ1n) is 7.50. The van der Waals surface area contributed by atoms with Crippen molar-refractivity contribution in [1.29, 1.82) is 0 Å². The highest BCUT2D eigenvalue weighted by molar-refractivity contribution is 6.31. The van der Waals surface area contributed by atoms with Gasteiger partial charge in [0.1, 0.15) is 11.4 Å². The first kappa shape index (κ1) is 18.7. The van der Waals surface area contributed by atoms with Crippen molar-refractivity contribution in [3.8, 4) is 0 Å². The highest BCUT2D eigenvalue weighted by atomic mass is 35.5. The molecule has 0 aliphatic heterocycles. The minimum atomic E-state index is -0.675. The van der Waals surface area contributed by atoms with Crippen LogP contribution < -0.4 is 10.6 Å². The number of carbonyl (C=O) groups is 2. The van der Waals surface area contributed by atoms with Gasteiger partial charge in [-0.2, -0.15) is 0 Å². The third-order valence-corrected chi connectivity index (χ3v) is 3.18. The van der Waals surface area contributed by atoms with Gasteiger partial charge < -0.3 is 10.1 Å². The van der Waals surface area contributed by atoms with E-state index in [1.165, 1.54) is 18.2 Å². The van der Waals surface area contributed by atoms with E-state index in [2.05, 4.69) is 10.6 Å². The van der Waals surface area contributed by atoms with Gasteiger partial charge in [0.2, 0.25) is 0 Å². The molecule has 7 heteroatoms. The van der Waals surface area contributed by atoms with E-state index in [1.54, 1.807) is 39.0 Å². The molecule has 132 valence electrons. The molecule has 0 atom stereocenters. The van der Waals surface area contributed by atoms with Crippen LogP contribution >= 0.6 is 11.6 Å². The van der Waals surface area contributed by atoms with Crippen LogP contribution in [0.2, 0.25) is 5.02 Å². The van der Waals surface area contributed by atoms with E-state index in [9.17, 15) is 14.0 Å². The molecule has 25 heavy (non-hydrogen) atoms. The number of rotatable bonds is 3. The fraction of sp³-hybridized carbons (Fsp3) is 0.222. The topological polar surface area (TPSA) is 67.4 Å². The predicted molar refractivity (Wildman–Crippen MR) is 95.7 cm³/mol. The zero-order valence-electron chi connectivity index (χ0n) is 14.0. The molecule has 0 heterocycles. The lowest BCUT2D eigenvalue weighted by molar-refractivity contribution is 0.0636. The van der Waals surface area contributed by atoms with Gasteiger partial charge in [0, 0.05) is 16.3 Å². The molecule has 0 spiro atoms. The predicted octanol–water partition coefficient (Wildman–Crippen LogP) is 5.08. The van der Waals surface area contributed by atoms with Gasteiger partial charge in [-0.3, -0.25) is 10.1 Å². The van der Waals surface area contributed by atoms with Crippen molar-refractivity contribution >= 4 is 35.0 Å². The fourth-order valence-corrected chi connectivity index (χ4v) is 2.13. The molecule has 0 saturated carbocycles. The van der Waals surface area contributed by atoms with Crippen molar-refractivity contribution in [2.24, 2.45) is 0 Å². The molecule has 0 aromatic heterocycles. The second-order valence-electron chi connectivity index (χ2n) is 6.29. The van der Waals surface area contributed by atoms with Gasteiger partial charge in [-0.25, -0.2) is 9.18 Å². The lowest BCUT2D eigenvalue weighted by Crippen LogP contribution is -2.27. The summed E-state index contributed by atoms with van der Waals surface area (Å²) in [6.07, 6.45) is -0.675. The maximum absolute atomic E-state index is 13.9. The van der Waals surface area contributed by atoms with E-state index in [0.717, 1.165) is 6.07 Å². The van der Waals surface area contributed by atoms with Crippen molar-refractivity contribution in [2.75, 3.05) is 10.6 Å². The molecular weight excluding hydrogens is 347 g/mol. The largest absolute Gasteiger partial charge is 0.444 e. The summed E-state index contributed by atoms with van der Waals surface area (Å²) in [6.45, 7) is 5.19. The molecule has 0 radical (unpaired) electrons. The number of hydrogen-bond donors (Lipinski definition) is 2. The maximum Gasteiger partial charge on any atom is 0.412 e. The number of benzene rings is 2. The molecule has 0 aliphatic carbocycles. The minimum Gasteiger partial charge on any atom is -0.444 e. The van der Waals surface area contributed by atoms with Crippen molar-refractivity contribution in [3.05, 3.63) is 58.9 Å². The smallest absolute Gasteiger partial charge is 0.412 e. The number of hydrogen-bond acceptors (Lipinski definition) is 3. The average Bonchev–Trinajstić information content (AvgIpc) is 2.48. The second kappa shape index (κ2) is 7.53. The number of amides is 2. The second-order valence-corrected chi connectivity index (χ2v) is 6.72. The summed E-state index contributed by atoms with van der Waals surface area (Å²) in [4.78, 5) is 24.0. The Morgan fingerprint density at radius 1 is 1.08 bits per heavy atom. The van der Waals surface area contributed by atoms with Gasteiger partial charge >= 0.3 is 6.09 Å². The summed E-state index contributed by atoms with van der Waals surface area (Å²) in [6, 6.07) is 10.1. The molecule has 0 bridgehead atoms. The van der Waals surface area contributed by atoms with Gasteiger partial charge in [0.25, 0.3) is 5.91 Å². The number of carbonyl (C=O) groups excluding carboxylic acids is 2. The summed E-state index contributed by atoms with van der Waals surface area (Å²) in [7, 11) is 0. The molecule has 0 fully saturated rings. The monoisotopic (exact) mass is 364 g/mol. The van der Waals surface area contributed by atoms with Crippen LogP contribution in [0.15, 0.2) is 42.5 Å². The quantitative estimate of drug-likeness (QED) is 0.798. The minimum absolute atomic E-state index is 0.0708. The normalized spacial score (nSPS) is 10.9. The van der Waals surface area contributed by atoms with E-state index in [1.807, 2.05) is 0 Å². The molecule has 0 saturated heterocycles. The summed E-state index contributed by atoms with van der Waals surface area (Å²) in [5.74, 6) is -1.15. The molecule has 2 N–H and O–H groups in total. The summed E-state index contributed by atoms with van der Waals surface area (Å²) in [5.41, 5.74) is -0.152. The lowest BCUT2D eigenvalue weighted by Gasteiger charge is -2.19.